The average Bonchev–Trinajstić information content (AvgIpc) is 2.86. The highest BCUT2D eigenvalue weighted by molar-refractivity contribution is 6.36. The minimum Gasteiger partial charge on any atom is -0.274 e. The van der Waals surface area contributed by atoms with Crippen LogP contribution in [-0.2, 0) is 6.42 Å². The zero-order valence-corrected chi connectivity index (χ0v) is 14.5. The Balaban J connectivity index is 1.60. The van der Waals surface area contributed by atoms with Gasteiger partial charge in [0.2, 0.25) is 0 Å². The molecular formula is C19H12Cl2N2O2. The van der Waals surface area contributed by atoms with E-state index in [0.717, 1.165) is 10.9 Å². The van der Waals surface area contributed by atoms with Crippen molar-refractivity contribution >= 4 is 45.9 Å². The number of pyridine rings is 1. The molecule has 4 nitrogen and oxygen atoms in total. The van der Waals surface area contributed by atoms with Crippen LogP contribution in [0, 0.1) is 0 Å². The van der Waals surface area contributed by atoms with Gasteiger partial charge in [-0.15, -0.1) is 0 Å². The van der Waals surface area contributed by atoms with Gasteiger partial charge in [0.15, 0.2) is 0 Å². The Kier molecular flexibility index (Phi) is 3.94. The molecule has 1 aromatic heterocycles. The van der Waals surface area contributed by atoms with Gasteiger partial charge in [0.1, 0.15) is 5.15 Å². The van der Waals surface area contributed by atoms with Crippen molar-refractivity contribution in [1.82, 2.24) is 9.88 Å². The number of amides is 2. The molecule has 0 radical (unpaired) electrons. The number of hydrogen-bond acceptors (Lipinski definition) is 3. The molecule has 2 aromatic carbocycles. The normalized spacial score (nSPS) is 13.6. The van der Waals surface area contributed by atoms with Crippen LogP contribution >= 0.6 is 23.2 Å². The van der Waals surface area contributed by atoms with E-state index in [9.17, 15) is 9.59 Å². The molecule has 25 heavy (non-hydrogen) atoms. The molecule has 124 valence electrons. The SMILES string of the molecule is O=C1c2ccccc2C(=O)N1CCc1cc2cccc(Cl)c2nc1Cl. The number of rotatable bonds is 3. The molecule has 4 rings (SSSR count). The molecule has 2 heterocycles. The lowest BCUT2D eigenvalue weighted by Crippen LogP contribution is -2.31. The molecule has 0 fully saturated rings. The van der Waals surface area contributed by atoms with Crippen molar-refractivity contribution in [2.75, 3.05) is 6.54 Å². The highest BCUT2D eigenvalue weighted by atomic mass is 35.5. The van der Waals surface area contributed by atoms with Crippen LogP contribution in [0.2, 0.25) is 10.2 Å². The summed E-state index contributed by atoms with van der Waals surface area (Å²) >= 11 is 12.4. The molecule has 0 N–H and O–H groups in total. The van der Waals surface area contributed by atoms with Gasteiger partial charge in [0.25, 0.3) is 11.8 Å². The Morgan fingerprint density at radius 2 is 1.60 bits per heavy atom. The third-order valence-electron chi connectivity index (χ3n) is 4.31. The molecule has 1 aliphatic heterocycles. The summed E-state index contributed by atoms with van der Waals surface area (Å²) in [5.41, 5.74) is 2.30. The van der Waals surface area contributed by atoms with Crippen molar-refractivity contribution in [1.29, 1.82) is 0 Å². The summed E-state index contributed by atoms with van der Waals surface area (Å²) in [4.78, 5) is 30.4. The summed E-state index contributed by atoms with van der Waals surface area (Å²) in [5, 5.41) is 1.73. The number of para-hydroxylation sites is 1. The summed E-state index contributed by atoms with van der Waals surface area (Å²) < 4.78 is 0. The van der Waals surface area contributed by atoms with Crippen LogP contribution in [0.5, 0.6) is 0 Å². The quantitative estimate of drug-likeness (QED) is 0.507. The molecule has 0 saturated heterocycles. The van der Waals surface area contributed by atoms with Gasteiger partial charge in [-0.1, -0.05) is 47.5 Å². The Bertz CT molecular complexity index is 998. The fourth-order valence-electron chi connectivity index (χ4n) is 3.03. The number of nitrogens with zero attached hydrogens (tertiary/aromatic N) is 2. The van der Waals surface area contributed by atoms with Crippen LogP contribution in [0.3, 0.4) is 0 Å². The zero-order chi connectivity index (χ0) is 17.6. The second-order valence-corrected chi connectivity index (χ2v) is 6.57. The van der Waals surface area contributed by atoms with Crippen molar-refractivity contribution in [3.63, 3.8) is 0 Å². The Hall–Kier alpha value is -2.43. The summed E-state index contributed by atoms with van der Waals surface area (Å²) in [6.07, 6.45) is 0.430. The smallest absolute Gasteiger partial charge is 0.261 e. The van der Waals surface area contributed by atoms with E-state index in [0.29, 0.717) is 33.2 Å². The third kappa shape index (κ3) is 2.68. The molecule has 6 heteroatoms. The Morgan fingerprint density at radius 1 is 0.920 bits per heavy atom. The summed E-state index contributed by atoms with van der Waals surface area (Å²) in [5.74, 6) is -0.540. The predicted octanol–water partition coefficient (Wildman–Crippen LogP) is 4.38. The van der Waals surface area contributed by atoms with Gasteiger partial charge in [-0.05, 0) is 36.2 Å². The van der Waals surface area contributed by atoms with Crippen molar-refractivity contribution in [2.45, 2.75) is 6.42 Å². The van der Waals surface area contributed by atoms with Gasteiger partial charge in [-0.3, -0.25) is 14.5 Å². The summed E-state index contributed by atoms with van der Waals surface area (Å²) in [6, 6.07) is 14.2. The van der Waals surface area contributed by atoms with Gasteiger partial charge < -0.3 is 0 Å². The van der Waals surface area contributed by atoms with E-state index in [2.05, 4.69) is 4.98 Å². The maximum absolute atomic E-state index is 12.4. The van der Waals surface area contributed by atoms with E-state index >= 15 is 0 Å². The van der Waals surface area contributed by atoms with Crippen molar-refractivity contribution in [3.05, 3.63) is 75.4 Å². The lowest BCUT2D eigenvalue weighted by molar-refractivity contribution is 0.0656. The van der Waals surface area contributed by atoms with E-state index in [4.69, 9.17) is 23.2 Å². The first-order valence-electron chi connectivity index (χ1n) is 7.75. The van der Waals surface area contributed by atoms with E-state index in [-0.39, 0.29) is 18.4 Å². The molecule has 0 aliphatic carbocycles. The van der Waals surface area contributed by atoms with E-state index in [1.54, 1.807) is 30.3 Å². The van der Waals surface area contributed by atoms with Crippen LogP contribution in [0.15, 0.2) is 48.5 Å². The highest BCUT2D eigenvalue weighted by Gasteiger charge is 2.34. The van der Waals surface area contributed by atoms with Crippen molar-refractivity contribution in [3.8, 4) is 0 Å². The van der Waals surface area contributed by atoms with E-state index in [1.807, 2.05) is 18.2 Å². The number of aromatic nitrogens is 1. The molecule has 0 unspecified atom stereocenters. The second kappa shape index (κ2) is 6.14. The lowest BCUT2D eigenvalue weighted by Gasteiger charge is -2.14. The molecule has 2 amide bonds. The van der Waals surface area contributed by atoms with Gasteiger partial charge in [0, 0.05) is 11.9 Å². The lowest BCUT2D eigenvalue weighted by atomic mass is 10.1. The molecular weight excluding hydrogens is 359 g/mol. The highest BCUT2D eigenvalue weighted by Crippen LogP contribution is 2.27. The number of fused-ring (bicyclic) bond motifs is 2. The number of imide groups is 1. The van der Waals surface area contributed by atoms with Gasteiger partial charge in [0.05, 0.1) is 21.7 Å². The first-order valence-corrected chi connectivity index (χ1v) is 8.51. The zero-order valence-electron chi connectivity index (χ0n) is 13.0. The number of halogens is 2. The monoisotopic (exact) mass is 370 g/mol. The number of carbonyl (C=O) groups is 2. The minimum absolute atomic E-state index is 0.250. The van der Waals surface area contributed by atoms with Crippen LogP contribution in [0.25, 0.3) is 10.9 Å². The van der Waals surface area contributed by atoms with Crippen LogP contribution in [0.4, 0.5) is 0 Å². The molecule has 0 bridgehead atoms. The molecule has 0 atom stereocenters. The van der Waals surface area contributed by atoms with E-state index in [1.165, 1.54) is 4.90 Å². The first-order chi connectivity index (χ1) is 12.1. The van der Waals surface area contributed by atoms with Crippen molar-refractivity contribution < 1.29 is 9.59 Å². The predicted molar refractivity (Wildman–Crippen MR) is 97.3 cm³/mol. The number of benzene rings is 2. The maximum atomic E-state index is 12.4. The second-order valence-electron chi connectivity index (χ2n) is 5.81. The fourth-order valence-corrected chi connectivity index (χ4v) is 3.49. The number of hydrogen-bond donors (Lipinski definition) is 0. The van der Waals surface area contributed by atoms with Gasteiger partial charge >= 0.3 is 0 Å². The average molecular weight is 371 g/mol. The van der Waals surface area contributed by atoms with E-state index < -0.39 is 0 Å². The minimum atomic E-state index is -0.270. The first kappa shape index (κ1) is 16.1. The molecule has 0 spiro atoms. The van der Waals surface area contributed by atoms with Crippen LogP contribution in [-0.4, -0.2) is 28.2 Å². The molecule has 0 saturated carbocycles. The van der Waals surface area contributed by atoms with Crippen molar-refractivity contribution in [2.24, 2.45) is 0 Å². The van der Waals surface area contributed by atoms with Gasteiger partial charge in [-0.25, -0.2) is 4.98 Å². The number of carbonyl (C=O) groups excluding carboxylic acids is 2. The Labute approximate surface area is 154 Å². The largest absolute Gasteiger partial charge is 0.274 e. The molecule has 3 aromatic rings. The van der Waals surface area contributed by atoms with Crippen LogP contribution in [0.1, 0.15) is 26.3 Å². The topological polar surface area (TPSA) is 50.3 Å². The Morgan fingerprint density at radius 3 is 2.28 bits per heavy atom. The standard InChI is InChI=1S/C19H12Cl2N2O2/c20-15-7-3-4-11-10-12(17(21)22-16(11)15)8-9-23-18(24)13-5-1-2-6-14(13)19(23)25/h1-7,10H,8-9H2. The fraction of sp³-hybridized carbons (Fsp3) is 0.105. The summed E-state index contributed by atoms with van der Waals surface area (Å²) in [6.45, 7) is 0.250. The van der Waals surface area contributed by atoms with Gasteiger partial charge in [-0.2, -0.15) is 0 Å². The van der Waals surface area contributed by atoms with Crippen LogP contribution < -0.4 is 0 Å². The maximum Gasteiger partial charge on any atom is 0.261 e. The summed E-state index contributed by atoms with van der Waals surface area (Å²) in [7, 11) is 0. The molecule has 1 aliphatic rings. The third-order valence-corrected chi connectivity index (χ3v) is 4.94.